The van der Waals surface area contributed by atoms with Crippen molar-refractivity contribution < 1.29 is 0 Å². The standard InChI is InChI=1S/C11H7BrN4/c12-11-3-1-2-10(14-11)8-4-6-9(7-5-8)15-16-13/h1-7H. The highest BCUT2D eigenvalue weighted by Crippen LogP contribution is 2.22. The zero-order chi connectivity index (χ0) is 11.4. The predicted octanol–water partition coefficient (Wildman–Crippen LogP) is 4.45. The quantitative estimate of drug-likeness (QED) is 0.345. The van der Waals surface area contributed by atoms with Gasteiger partial charge in [-0.3, -0.25) is 0 Å². The van der Waals surface area contributed by atoms with Gasteiger partial charge in [0, 0.05) is 16.2 Å². The number of benzene rings is 1. The van der Waals surface area contributed by atoms with Gasteiger partial charge in [0.15, 0.2) is 0 Å². The molecule has 0 aliphatic carbocycles. The molecule has 0 amide bonds. The predicted molar refractivity (Wildman–Crippen MR) is 66.2 cm³/mol. The summed E-state index contributed by atoms with van der Waals surface area (Å²) in [5.74, 6) is 0. The first-order chi connectivity index (χ1) is 7.79. The second-order valence-corrected chi connectivity index (χ2v) is 3.89. The molecule has 0 aliphatic heterocycles. The monoisotopic (exact) mass is 274 g/mol. The van der Waals surface area contributed by atoms with Crippen LogP contribution in [0.15, 0.2) is 52.2 Å². The fourth-order valence-electron chi connectivity index (χ4n) is 1.32. The average Bonchev–Trinajstić information content (AvgIpc) is 2.30. The molecular weight excluding hydrogens is 268 g/mol. The molecule has 0 fully saturated rings. The van der Waals surface area contributed by atoms with Crippen LogP contribution in [0.5, 0.6) is 0 Å². The van der Waals surface area contributed by atoms with Crippen molar-refractivity contribution in [1.29, 1.82) is 0 Å². The summed E-state index contributed by atoms with van der Waals surface area (Å²) in [7, 11) is 0. The Morgan fingerprint density at radius 1 is 1.12 bits per heavy atom. The van der Waals surface area contributed by atoms with Gasteiger partial charge in [0.25, 0.3) is 0 Å². The summed E-state index contributed by atoms with van der Waals surface area (Å²) in [5, 5.41) is 3.51. The van der Waals surface area contributed by atoms with Crippen molar-refractivity contribution >= 4 is 21.6 Å². The van der Waals surface area contributed by atoms with Crippen molar-refractivity contribution in [3.63, 3.8) is 0 Å². The average molecular weight is 275 g/mol. The molecule has 4 nitrogen and oxygen atoms in total. The van der Waals surface area contributed by atoms with Gasteiger partial charge in [-0.1, -0.05) is 35.4 Å². The summed E-state index contributed by atoms with van der Waals surface area (Å²) in [6.07, 6.45) is 0. The first-order valence-electron chi connectivity index (χ1n) is 4.58. The van der Waals surface area contributed by atoms with E-state index in [1.807, 2.05) is 30.3 Å². The van der Waals surface area contributed by atoms with Gasteiger partial charge >= 0.3 is 0 Å². The maximum Gasteiger partial charge on any atom is 0.106 e. The van der Waals surface area contributed by atoms with Crippen LogP contribution in [0.4, 0.5) is 5.69 Å². The summed E-state index contributed by atoms with van der Waals surface area (Å²) in [6, 6.07) is 13.0. The molecule has 0 saturated carbocycles. The van der Waals surface area contributed by atoms with E-state index in [0.717, 1.165) is 15.9 Å². The van der Waals surface area contributed by atoms with E-state index in [2.05, 4.69) is 30.9 Å². The van der Waals surface area contributed by atoms with Crippen molar-refractivity contribution in [2.24, 2.45) is 5.11 Å². The highest BCUT2D eigenvalue weighted by molar-refractivity contribution is 9.10. The Labute approximate surface area is 101 Å². The lowest BCUT2D eigenvalue weighted by Crippen LogP contribution is -1.82. The van der Waals surface area contributed by atoms with Gasteiger partial charge in [-0.2, -0.15) is 0 Å². The topological polar surface area (TPSA) is 61.7 Å². The second kappa shape index (κ2) is 4.79. The molecule has 1 aromatic carbocycles. The number of rotatable bonds is 2. The third kappa shape index (κ3) is 2.39. The van der Waals surface area contributed by atoms with E-state index in [4.69, 9.17) is 5.53 Å². The number of hydrogen-bond donors (Lipinski definition) is 0. The molecule has 1 heterocycles. The molecule has 0 unspecified atom stereocenters. The van der Waals surface area contributed by atoms with Gasteiger partial charge in [0.05, 0.1) is 5.69 Å². The minimum Gasteiger partial charge on any atom is -0.241 e. The van der Waals surface area contributed by atoms with Crippen LogP contribution < -0.4 is 0 Å². The maximum absolute atomic E-state index is 8.28. The van der Waals surface area contributed by atoms with Gasteiger partial charge in [-0.05, 0) is 33.6 Å². The van der Waals surface area contributed by atoms with Crippen LogP contribution in [0, 0.1) is 0 Å². The molecule has 0 spiro atoms. The first-order valence-corrected chi connectivity index (χ1v) is 5.37. The molecule has 2 aromatic rings. The van der Waals surface area contributed by atoms with Crippen LogP contribution in [0.2, 0.25) is 0 Å². The number of hydrogen-bond acceptors (Lipinski definition) is 2. The molecule has 0 bridgehead atoms. The van der Waals surface area contributed by atoms with E-state index in [-0.39, 0.29) is 0 Å². The molecule has 0 aliphatic rings. The highest BCUT2D eigenvalue weighted by atomic mass is 79.9. The van der Waals surface area contributed by atoms with Crippen LogP contribution in [-0.2, 0) is 0 Å². The first kappa shape index (κ1) is 10.7. The van der Waals surface area contributed by atoms with Gasteiger partial charge in [-0.25, -0.2) is 4.98 Å². The molecule has 5 heteroatoms. The van der Waals surface area contributed by atoms with Crippen molar-refractivity contribution in [1.82, 2.24) is 4.98 Å². The summed E-state index contributed by atoms with van der Waals surface area (Å²) < 4.78 is 0.795. The number of pyridine rings is 1. The molecular formula is C11H7BrN4. The van der Waals surface area contributed by atoms with E-state index in [1.165, 1.54) is 0 Å². The van der Waals surface area contributed by atoms with Crippen LogP contribution in [0.3, 0.4) is 0 Å². The van der Waals surface area contributed by atoms with E-state index < -0.39 is 0 Å². The van der Waals surface area contributed by atoms with Crippen LogP contribution >= 0.6 is 15.9 Å². The minimum absolute atomic E-state index is 0.598. The molecule has 0 atom stereocenters. The molecule has 2 rings (SSSR count). The molecule has 78 valence electrons. The lowest BCUT2D eigenvalue weighted by molar-refractivity contribution is 1.28. The zero-order valence-corrected chi connectivity index (χ0v) is 9.79. The van der Waals surface area contributed by atoms with E-state index in [1.54, 1.807) is 12.1 Å². The second-order valence-electron chi connectivity index (χ2n) is 3.08. The summed E-state index contributed by atoms with van der Waals surface area (Å²) >= 11 is 3.32. The summed E-state index contributed by atoms with van der Waals surface area (Å²) in [5.41, 5.74) is 10.7. The molecule has 1 aromatic heterocycles. The molecule has 0 saturated heterocycles. The van der Waals surface area contributed by atoms with Crippen molar-refractivity contribution in [3.05, 3.63) is 57.5 Å². The highest BCUT2D eigenvalue weighted by Gasteiger charge is 1.99. The summed E-state index contributed by atoms with van der Waals surface area (Å²) in [4.78, 5) is 7.06. The fourth-order valence-corrected chi connectivity index (χ4v) is 1.66. The SMILES string of the molecule is [N-]=[N+]=Nc1ccc(-c2cccc(Br)n2)cc1. The lowest BCUT2D eigenvalue weighted by atomic mass is 10.1. The number of azide groups is 1. The number of nitrogens with zero attached hydrogens (tertiary/aromatic N) is 4. The Hall–Kier alpha value is -1.84. The van der Waals surface area contributed by atoms with Gasteiger partial charge < -0.3 is 0 Å². The minimum atomic E-state index is 0.598. The van der Waals surface area contributed by atoms with Crippen LogP contribution in [0.25, 0.3) is 21.7 Å². The Morgan fingerprint density at radius 3 is 2.50 bits per heavy atom. The third-order valence-corrected chi connectivity index (χ3v) is 2.48. The van der Waals surface area contributed by atoms with Crippen molar-refractivity contribution in [2.75, 3.05) is 0 Å². The third-order valence-electron chi connectivity index (χ3n) is 2.04. The van der Waals surface area contributed by atoms with Crippen molar-refractivity contribution in [3.8, 4) is 11.3 Å². The van der Waals surface area contributed by atoms with Gasteiger partial charge in [0.1, 0.15) is 4.60 Å². The van der Waals surface area contributed by atoms with Gasteiger partial charge in [0.2, 0.25) is 0 Å². The number of halogens is 1. The Morgan fingerprint density at radius 2 is 1.88 bits per heavy atom. The normalized spacial score (nSPS) is 9.56. The number of aromatic nitrogens is 1. The largest absolute Gasteiger partial charge is 0.241 e. The van der Waals surface area contributed by atoms with E-state index in [9.17, 15) is 0 Å². The Bertz CT molecular complexity index is 544. The van der Waals surface area contributed by atoms with Crippen LogP contribution in [-0.4, -0.2) is 4.98 Å². The molecule has 0 radical (unpaired) electrons. The van der Waals surface area contributed by atoms with Crippen LogP contribution in [0.1, 0.15) is 0 Å². The lowest BCUT2D eigenvalue weighted by Gasteiger charge is -2.01. The summed E-state index contributed by atoms with van der Waals surface area (Å²) in [6.45, 7) is 0. The van der Waals surface area contributed by atoms with Gasteiger partial charge in [-0.15, -0.1) is 0 Å². The maximum atomic E-state index is 8.28. The zero-order valence-electron chi connectivity index (χ0n) is 8.21. The molecule has 16 heavy (non-hydrogen) atoms. The smallest absolute Gasteiger partial charge is 0.106 e. The van der Waals surface area contributed by atoms with E-state index in [0.29, 0.717) is 5.69 Å². The fraction of sp³-hybridized carbons (Fsp3) is 0. The molecule has 0 N–H and O–H groups in total. The van der Waals surface area contributed by atoms with Crippen molar-refractivity contribution in [2.45, 2.75) is 0 Å². The Balaban J connectivity index is 2.38. The van der Waals surface area contributed by atoms with E-state index >= 15 is 0 Å². The Kier molecular flexibility index (Phi) is 3.19.